The monoisotopic (exact) mass is 294 g/mol. The highest BCUT2D eigenvalue weighted by Gasteiger charge is 1.96. The molecule has 0 aliphatic carbocycles. The molecular formula is C21H26O. The van der Waals surface area contributed by atoms with Crippen molar-refractivity contribution in [2.45, 2.75) is 27.2 Å². The predicted octanol–water partition coefficient (Wildman–Crippen LogP) is 5.92. The number of hydrogen-bond acceptors (Lipinski definition) is 1. The van der Waals surface area contributed by atoms with Crippen LogP contribution in [0.1, 0.15) is 31.9 Å². The molecule has 0 aromatic heterocycles. The lowest BCUT2D eigenvalue weighted by Crippen LogP contribution is -2.01. The van der Waals surface area contributed by atoms with Gasteiger partial charge in [-0.3, -0.25) is 0 Å². The SMILES string of the molecule is C=C(C)/C=C\c1cccc(OCCc2ccccc2)c1.CC. The minimum atomic E-state index is 0.692. The average Bonchev–Trinajstić information content (AvgIpc) is 2.56. The van der Waals surface area contributed by atoms with Crippen molar-refractivity contribution in [1.82, 2.24) is 0 Å². The summed E-state index contributed by atoms with van der Waals surface area (Å²) in [6.45, 7) is 10.5. The van der Waals surface area contributed by atoms with Gasteiger partial charge in [0.25, 0.3) is 0 Å². The van der Waals surface area contributed by atoms with Crippen molar-refractivity contribution in [1.29, 1.82) is 0 Å². The molecular weight excluding hydrogens is 268 g/mol. The molecule has 0 N–H and O–H groups in total. The zero-order chi connectivity index (χ0) is 16.2. The summed E-state index contributed by atoms with van der Waals surface area (Å²) in [6, 6.07) is 18.5. The van der Waals surface area contributed by atoms with Crippen LogP contribution in [0.3, 0.4) is 0 Å². The van der Waals surface area contributed by atoms with Gasteiger partial charge >= 0.3 is 0 Å². The van der Waals surface area contributed by atoms with E-state index in [4.69, 9.17) is 4.74 Å². The highest BCUT2D eigenvalue weighted by atomic mass is 16.5. The quantitative estimate of drug-likeness (QED) is 0.600. The lowest BCUT2D eigenvalue weighted by molar-refractivity contribution is 0.322. The zero-order valence-corrected chi connectivity index (χ0v) is 13.9. The van der Waals surface area contributed by atoms with Crippen LogP contribution in [0.25, 0.3) is 6.08 Å². The molecule has 2 rings (SSSR count). The van der Waals surface area contributed by atoms with E-state index in [1.54, 1.807) is 0 Å². The lowest BCUT2D eigenvalue weighted by atomic mass is 10.1. The Labute approximate surface area is 135 Å². The van der Waals surface area contributed by atoms with Crippen molar-refractivity contribution in [2.75, 3.05) is 6.61 Å². The summed E-state index contributed by atoms with van der Waals surface area (Å²) < 4.78 is 5.80. The zero-order valence-electron chi connectivity index (χ0n) is 13.9. The predicted molar refractivity (Wildman–Crippen MR) is 97.3 cm³/mol. The fraction of sp³-hybridized carbons (Fsp3) is 0.238. The van der Waals surface area contributed by atoms with Gasteiger partial charge in [-0.25, -0.2) is 0 Å². The van der Waals surface area contributed by atoms with Crippen molar-refractivity contribution in [3.05, 3.63) is 84.0 Å². The van der Waals surface area contributed by atoms with Gasteiger partial charge in [-0.1, -0.05) is 80.6 Å². The van der Waals surface area contributed by atoms with Gasteiger partial charge in [0.2, 0.25) is 0 Å². The third-order valence-electron chi connectivity index (χ3n) is 2.92. The van der Waals surface area contributed by atoms with Crippen LogP contribution in [0.15, 0.2) is 72.8 Å². The number of hydrogen-bond donors (Lipinski definition) is 0. The van der Waals surface area contributed by atoms with Gasteiger partial charge < -0.3 is 4.74 Å². The van der Waals surface area contributed by atoms with E-state index >= 15 is 0 Å². The maximum atomic E-state index is 5.80. The molecule has 0 amide bonds. The first kappa shape index (κ1) is 17.8. The third kappa shape index (κ3) is 6.94. The molecule has 1 heteroatoms. The summed E-state index contributed by atoms with van der Waals surface area (Å²) in [5, 5.41) is 0. The molecule has 0 aliphatic rings. The summed E-state index contributed by atoms with van der Waals surface area (Å²) in [5.74, 6) is 0.907. The maximum absolute atomic E-state index is 5.80. The van der Waals surface area contributed by atoms with Gasteiger partial charge in [0.15, 0.2) is 0 Å². The molecule has 116 valence electrons. The molecule has 0 spiro atoms. The second-order valence-corrected chi connectivity index (χ2v) is 4.84. The molecule has 2 aromatic rings. The van der Waals surface area contributed by atoms with Crippen LogP contribution >= 0.6 is 0 Å². The van der Waals surface area contributed by atoms with Crippen LogP contribution in [-0.4, -0.2) is 6.61 Å². The molecule has 0 unspecified atom stereocenters. The lowest BCUT2D eigenvalue weighted by Gasteiger charge is -2.07. The van der Waals surface area contributed by atoms with Gasteiger partial charge in [-0.05, 0) is 30.2 Å². The number of allylic oxidation sites excluding steroid dienone is 2. The van der Waals surface area contributed by atoms with Crippen molar-refractivity contribution >= 4 is 6.08 Å². The highest BCUT2D eigenvalue weighted by molar-refractivity contribution is 5.54. The second-order valence-electron chi connectivity index (χ2n) is 4.84. The first-order valence-electron chi connectivity index (χ1n) is 7.84. The summed E-state index contributed by atoms with van der Waals surface area (Å²) in [4.78, 5) is 0. The summed E-state index contributed by atoms with van der Waals surface area (Å²) in [7, 11) is 0. The minimum Gasteiger partial charge on any atom is -0.493 e. The smallest absolute Gasteiger partial charge is 0.119 e. The van der Waals surface area contributed by atoms with E-state index in [9.17, 15) is 0 Å². The Kier molecular flexibility index (Phi) is 8.44. The summed E-state index contributed by atoms with van der Waals surface area (Å²) >= 11 is 0. The maximum Gasteiger partial charge on any atom is 0.119 e. The molecule has 0 saturated carbocycles. The molecule has 0 heterocycles. The first-order chi connectivity index (χ1) is 10.7. The number of rotatable bonds is 6. The van der Waals surface area contributed by atoms with Gasteiger partial charge in [0.1, 0.15) is 5.75 Å². The third-order valence-corrected chi connectivity index (χ3v) is 2.92. The van der Waals surface area contributed by atoms with Crippen molar-refractivity contribution in [3.8, 4) is 5.75 Å². The molecule has 0 radical (unpaired) electrons. The Morgan fingerprint density at radius 1 is 1.05 bits per heavy atom. The van der Waals surface area contributed by atoms with E-state index in [1.165, 1.54) is 5.56 Å². The Morgan fingerprint density at radius 3 is 2.45 bits per heavy atom. The molecule has 0 aliphatic heterocycles. The van der Waals surface area contributed by atoms with Crippen LogP contribution in [0.2, 0.25) is 0 Å². The Balaban J connectivity index is 0.00000116. The van der Waals surface area contributed by atoms with Crippen molar-refractivity contribution in [2.24, 2.45) is 0 Å². The van der Waals surface area contributed by atoms with Crippen LogP contribution in [0.5, 0.6) is 5.75 Å². The fourth-order valence-corrected chi connectivity index (χ4v) is 1.88. The second kappa shape index (κ2) is 10.4. The van der Waals surface area contributed by atoms with E-state index in [1.807, 2.05) is 57.2 Å². The first-order valence-corrected chi connectivity index (χ1v) is 7.84. The average molecular weight is 294 g/mol. The van der Waals surface area contributed by atoms with Crippen molar-refractivity contribution in [3.63, 3.8) is 0 Å². The summed E-state index contributed by atoms with van der Waals surface area (Å²) in [5.41, 5.74) is 3.47. The Hall–Kier alpha value is -2.28. The van der Waals surface area contributed by atoms with E-state index in [0.29, 0.717) is 6.61 Å². The molecule has 0 bridgehead atoms. The van der Waals surface area contributed by atoms with E-state index in [2.05, 4.69) is 36.9 Å². The molecule has 0 atom stereocenters. The molecule has 2 aromatic carbocycles. The highest BCUT2D eigenvalue weighted by Crippen LogP contribution is 2.15. The molecule has 22 heavy (non-hydrogen) atoms. The largest absolute Gasteiger partial charge is 0.493 e. The molecule has 0 fully saturated rings. The van der Waals surface area contributed by atoms with Gasteiger partial charge in [0.05, 0.1) is 6.61 Å². The fourth-order valence-electron chi connectivity index (χ4n) is 1.88. The normalized spacial score (nSPS) is 9.95. The van der Waals surface area contributed by atoms with Gasteiger partial charge in [-0.2, -0.15) is 0 Å². The topological polar surface area (TPSA) is 9.23 Å². The number of ether oxygens (including phenoxy) is 1. The van der Waals surface area contributed by atoms with E-state index in [0.717, 1.165) is 23.3 Å². The molecule has 0 saturated heterocycles. The van der Waals surface area contributed by atoms with Gasteiger partial charge in [-0.15, -0.1) is 0 Å². The van der Waals surface area contributed by atoms with Gasteiger partial charge in [0, 0.05) is 6.42 Å². The minimum absolute atomic E-state index is 0.692. The summed E-state index contributed by atoms with van der Waals surface area (Å²) in [6.07, 6.45) is 4.97. The van der Waals surface area contributed by atoms with E-state index in [-0.39, 0.29) is 0 Å². The van der Waals surface area contributed by atoms with Crippen LogP contribution < -0.4 is 4.74 Å². The van der Waals surface area contributed by atoms with Crippen molar-refractivity contribution < 1.29 is 4.74 Å². The Bertz CT molecular complexity index is 582. The molecule has 1 nitrogen and oxygen atoms in total. The van der Waals surface area contributed by atoms with Crippen LogP contribution in [0.4, 0.5) is 0 Å². The standard InChI is InChI=1S/C19H20O.C2H6/c1-16(2)11-12-18-9-6-10-19(15-18)20-14-13-17-7-4-3-5-8-17;1-2/h3-12,15H,1,13-14H2,2H3;1-2H3/b12-11-;. The van der Waals surface area contributed by atoms with Crippen LogP contribution in [0, 0.1) is 0 Å². The number of benzene rings is 2. The Morgan fingerprint density at radius 2 is 1.77 bits per heavy atom. The van der Waals surface area contributed by atoms with E-state index < -0.39 is 0 Å². The van der Waals surface area contributed by atoms with Crippen LogP contribution in [-0.2, 0) is 6.42 Å².